The number of alkyl halides is 3. The number of halogens is 4. The summed E-state index contributed by atoms with van der Waals surface area (Å²) in [5.41, 5.74) is 6.06. The van der Waals surface area contributed by atoms with Crippen molar-refractivity contribution in [2.45, 2.75) is 19.3 Å². The van der Waals surface area contributed by atoms with Crippen LogP contribution in [0.1, 0.15) is 16.7 Å². The Morgan fingerprint density at radius 2 is 1.62 bits per heavy atom. The number of hydrogen-bond donors (Lipinski definition) is 1. The molecule has 0 heterocycles. The van der Waals surface area contributed by atoms with Crippen LogP contribution in [-0.2, 0) is 19.3 Å². The van der Waals surface area contributed by atoms with Gasteiger partial charge in [0.2, 0.25) is 0 Å². The maximum absolute atomic E-state index is 12.9. The molecule has 0 saturated carbocycles. The molecule has 0 aromatic heterocycles. The highest BCUT2D eigenvalue weighted by molar-refractivity contribution is 5.85. The van der Waals surface area contributed by atoms with E-state index in [2.05, 4.69) is 0 Å². The van der Waals surface area contributed by atoms with E-state index in [1.807, 2.05) is 6.07 Å². The molecule has 2 N–H and O–H groups in total. The fraction of sp³-hybridized carbons (Fsp3) is 0.200. The lowest BCUT2D eigenvalue weighted by molar-refractivity contribution is -0.139. The van der Waals surface area contributed by atoms with Gasteiger partial charge in [-0.25, -0.2) is 0 Å². The smallest absolute Gasteiger partial charge is 0.419 e. The summed E-state index contributed by atoms with van der Waals surface area (Å²) >= 11 is 0. The van der Waals surface area contributed by atoms with Crippen LogP contribution in [0.25, 0.3) is 0 Å². The Balaban J connectivity index is 0.00000220. The minimum atomic E-state index is -4.45. The first kappa shape index (κ1) is 17.3. The van der Waals surface area contributed by atoms with Gasteiger partial charge in [0.15, 0.2) is 0 Å². The lowest BCUT2D eigenvalue weighted by Crippen LogP contribution is -2.10. The van der Waals surface area contributed by atoms with Crippen molar-refractivity contribution in [1.82, 2.24) is 0 Å². The summed E-state index contributed by atoms with van der Waals surface area (Å²) in [6, 6.07) is 12.7. The predicted octanol–water partition coefficient (Wildman–Crippen LogP) is 4.16. The molecule has 0 atom stereocenters. The van der Waals surface area contributed by atoms with Gasteiger partial charge >= 0.3 is 6.18 Å². The number of benzene rings is 2. The molecule has 0 aliphatic rings. The summed E-state index contributed by atoms with van der Waals surface area (Å²) in [7, 11) is 0. The molecule has 114 valence electrons. The van der Waals surface area contributed by atoms with E-state index in [1.54, 1.807) is 24.3 Å². The van der Waals surface area contributed by atoms with Crippen LogP contribution in [0.5, 0.6) is 5.75 Å². The van der Waals surface area contributed by atoms with Gasteiger partial charge in [-0.05, 0) is 23.3 Å². The van der Waals surface area contributed by atoms with Crippen LogP contribution < -0.4 is 10.5 Å². The number of nitrogens with two attached hydrogens (primary N) is 1. The normalized spacial score (nSPS) is 10.9. The van der Waals surface area contributed by atoms with Crippen molar-refractivity contribution in [3.05, 3.63) is 65.2 Å². The first-order valence-electron chi connectivity index (χ1n) is 6.07. The summed E-state index contributed by atoms with van der Waals surface area (Å²) in [6.45, 7) is 0.248. The van der Waals surface area contributed by atoms with Crippen LogP contribution in [-0.4, -0.2) is 0 Å². The summed E-state index contributed by atoms with van der Waals surface area (Å²) in [6.07, 6.45) is -4.45. The van der Waals surface area contributed by atoms with Gasteiger partial charge in [-0.3, -0.25) is 0 Å². The Labute approximate surface area is 127 Å². The van der Waals surface area contributed by atoms with E-state index in [4.69, 9.17) is 10.5 Å². The molecule has 2 nitrogen and oxygen atoms in total. The molecule has 0 radical (unpaired) electrons. The first-order chi connectivity index (χ1) is 9.50. The molecule has 2 aromatic rings. The van der Waals surface area contributed by atoms with E-state index in [0.717, 1.165) is 11.6 Å². The van der Waals surface area contributed by atoms with Crippen molar-refractivity contribution >= 4 is 12.4 Å². The van der Waals surface area contributed by atoms with Crippen molar-refractivity contribution in [2.24, 2.45) is 5.73 Å². The molecule has 2 aromatic carbocycles. The molecule has 0 unspecified atom stereocenters. The van der Waals surface area contributed by atoms with Crippen LogP contribution in [0.4, 0.5) is 13.2 Å². The quantitative estimate of drug-likeness (QED) is 0.918. The van der Waals surface area contributed by atoms with Crippen LogP contribution in [0.2, 0.25) is 0 Å². The van der Waals surface area contributed by atoms with Crippen LogP contribution in [0.15, 0.2) is 48.5 Å². The van der Waals surface area contributed by atoms with E-state index >= 15 is 0 Å². The summed E-state index contributed by atoms with van der Waals surface area (Å²) in [5, 5.41) is 0. The molecule has 0 spiro atoms. The zero-order valence-corrected chi connectivity index (χ0v) is 11.9. The van der Waals surface area contributed by atoms with E-state index in [9.17, 15) is 13.2 Å². The Kier molecular flexibility index (Phi) is 6.05. The molecular weight excluding hydrogens is 303 g/mol. The van der Waals surface area contributed by atoms with Gasteiger partial charge < -0.3 is 10.5 Å². The highest BCUT2D eigenvalue weighted by Crippen LogP contribution is 2.37. The average Bonchev–Trinajstić information content (AvgIpc) is 2.45. The Morgan fingerprint density at radius 1 is 0.952 bits per heavy atom. The van der Waals surface area contributed by atoms with Gasteiger partial charge in [0, 0.05) is 6.54 Å². The monoisotopic (exact) mass is 317 g/mol. The van der Waals surface area contributed by atoms with Crippen LogP contribution in [0, 0.1) is 0 Å². The molecule has 0 fully saturated rings. The van der Waals surface area contributed by atoms with Crippen molar-refractivity contribution in [3.63, 3.8) is 0 Å². The largest absolute Gasteiger partial charge is 0.488 e. The highest BCUT2D eigenvalue weighted by Gasteiger charge is 2.34. The van der Waals surface area contributed by atoms with Crippen molar-refractivity contribution in [1.29, 1.82) is 0 Å². The fourth-order valence-corrected chi connectivity index (χ4v) is 1.78. The Hall–Kier alpha value is -1.72. The molecular formula is C15H15ClF3NO. The van der Waals surface area contributed by atoms with Crippen molar-refractivity contribution in [3.8, 4) is 5.75 Å². The van der Waals surface area contributed by atoms with Gasteiger partial charge in [-0.1, -0.05) is 36.4 Å². The van der Waals surface area contributed by atoms with Gasteiger partial charge in [0.1, 0.15) is 12.4 Å². The summed E-state index contributed by atoms with van der Waals surface area (Å²) < 4.78 is 44.0. The molecule has 0 saturated heterocycles. The minimum Gasteiger partial charge on any atom is -0.488 e. The maximum Gasteiger partial charge on any atom is 0.419 e. The van der Waals surface area contributed by atoms with E-state index in [0.29, 0.717) is 5.56 Å². The van der Waals surface area contributed by atoms with Gasteiger partial charge in [-0.15, -0.1) is 12.4 Å². The van der Waals surface area contributed by atoms with E-state index < -0.39 is 11.7 Å². The van der Waals surface area contributed by atoms with Crippen LogP contribution >= 0.6 is 12.4 Å². The number of rotatable bonds is 4. The van der Waals surface area contributed by atoms with E-state index in [1.165, 1.54) is 12.1 Å². The Bertz CT molecular complexity index is 573. The lowest BCUT2D eigenvalue weighted by Gasteiger charge is -2.15. The third kappa shape index (κ3) is 4.65. The fourth-order valence-electron chi connectivity index (χ4n) is 1.78. The predicted molar refractivity (Wildman–Crippen MR) is 77.4 cm³/mol. The zero-order valence-electron chi connectivity index (χ0n) is 11.1. The molecule has 2 rings (SSSR count). The second-order valence-corrected chi connectivity index (χ2v) is 4.31. The maximum atomic E-state index is 12.9. The first-order valence-corrected chi connectivity index (χ1v) is 6.07. The number of hydrogen-bond acceptors (Lipinski definition) is 2. The topological polar surface area (TPSA) is 35.2 Å². The molecule has 0 aliphatic heterocycles. The number of ether oxygens (including phenoxy) is 1. The molecule has 21 heavy (non-hydrogen) atoms. The lowest BCUT2D eigenvalue weighted by atomic mass is 10.1. The van der Waals surface area contributed by atoms with Crippen LogP contribution in [0.3, 0.4) is 0 Å². The highest BCUT2D eigenvalue weighted by atomic mass is 35.5. The molecule has 6 heteroatoms. The van der Waals surface area contributed by atoms with Gasteiger partial charge in [-0.2, -0.15) is 13.2 Å². The molecule has 0 aliphatic carbocycles. The summed E-state index contributed by atoms with van der Waals surface area (Å²) in [5.74, 6) is -0.190. The molecule has 0 amide bonds. The summed E-state index contributed by atoms with van der Waals surface area (Å²) in [4.78, 5) is 0. The standard InChI is InChI=1S/C15H14F3NO.ClH/c16-15(17,18)13-7-6-12(9-19)8-14(13)20-10-11-4-2-1-3-5-11;/h1-8H,9-10,19H2;1H. The van der Waals surface area contributed by atoms with E-state index in [-0.39, 0.29) is 31.3 Å². The second-order valence-electron chi connectivity index (χ2n) is 4.31. The minimum absolute atomic E-state index is 0. The van der Waals surface area contributed by atoms with Gasteiger partial charge in [0.05, 0.1) is 5.56 Å². The third-order valence-electron chi connectivity index (χ3n) is 2.82. The zero-order chi connectivity index (χ0) is 14.6. The SMILES string of the molecule is Cl.NCc1ccc(C(F)(F)F)c(OCc2ccccc2)c1. The van der Waals surface area contributed by atoms with Crippen molar-refractivity contribution < 1.29 is 17.9 Å². The van der Waals surface area contributed by atoms with Crippen molar-refractivity contribution in [2.75, 3.05) is 0 Å². The average molecular weight is 318 g/mol. The van der Waals surface area contributed by atoms with Gasteiger partial charge in [0.25, 0.3) is 0 Å². The second kappa shape index (κ2) is 7.33. The molecule has 0 bridgehead atoms. The Morgan fingerprint density at radius 3 is 2.19 bits per heavy atom. The third-order valence-corrected chi connectivity index (χ3v) is 2.82.